The number of carbonyl (C=O) groups excluding carboxylic acids is 3. The molecule has 1 aromatic carbocycles. The highest BCUT2D eigenvalue weighted by Crippen LogP contribution is 2.35. The van der Waals surface area contributed by atoms with Gasteiger partial charge in [-0.15, -0.1) is 0 Å². The number of benzene rings is 1. The summed E-state index contributed by atoms with van der Waals surface area (Å²) in [4.78, 5) is 35.2. The second-order valence-corrected chi connectivity index (χ2v) is 4.48. The van der Waals surface area contributed by atoms with Crippen molar-refractivity contribution in [1.29, 1.82) is 0 Å². The molecule has 1 unspecified atom stereocenters. The summed E-state index contributed by atoms with van der Waals surface area (Å²) < 4.78 is 37.8. The lowest BCUT2D eigenvalue weighted by Crippen LogP contribution is -2.47. The zero-order valence-corrected chi connectivity index (χ0v) is 10.5. The van der Waals surface area contributed by atoms with Gasteiger partial charge in [-0.25, -0.2) is 0 Å². The fourth-order valence-corrected chi connectivity index (χ4v) is 1.94. The normalized spacial score (nSPS) is 16.1. The third kappa shape index (κ3) is 2.59. The molecule has 0 radical (unpaired) electrons. The second kappa shape index (κ2) is 4.85. The number of primary amides is 1. The first-order valence-electron chi connectivity index (χ1n) is 5.75. The number of Topliss-reactive ketones (excluding diaryl/α,β-unsaturated/α-hetero) is 1. The van der Waals surface area contributed by atoms with E-state index in [-0.39, 0.29) is 17.8 Å². The fraction of sp³-hybridized carbons (Fsp3) is 0.250. The Labute approximate surface area is 116 Å². The summed E-state index contributed by atoms with van der Waals surface area (Å²) in [6.45, 7) is -0.377. The molecule has 4 N–H and O–H groups in total. The summed E-state index contributed by atoms with van der Waals surface area (Å²) in [5.41, 5.74) is 8.93. The van der Waals surface area contributed by atoms with Gasteiger partial charge in [0.2, 0.25) is 5.91 Å². The largest absolute Gasteiger partial charge is 0.416 e. The maximum absolute atomic E-state index is 12.6. The van der Waals surface area contributed by atoms with Crippen LogP contribution in [0.15, 0.2) is 18.2 Å². The molecule has 1 aliphatic rings. The van der Waals surface area contributed by atoms with Crippen LogP contribution in [0.4, 0.5) is 18.9 Å². The minimum atomic E-state index is -4.63. The molecule has 9 heteroatoms. The van der Waals surface area contributed by atoms with Crippen molar-refractivity contribution < 1.29 is 27.6 Å². The molecule has 0 bridgehead atoms. The van der Waals surface area contributed by atoms with E-state index in [9.17, 15) is 27.6 Å². The number of amides is 2. The monoisotopic (exact) mass is 301 g/mol. The van der Waals surface area contributed by atoms with Gasteiger partial charge in [-0.1, -0.05) is 0 Å². The van der Waals surface area contributed by atoms with E-state index in [1.54, 1.807) is 0 Å². The van der Waals surface area contributed by atoms with Gasteiger partial charge in [0, 0.05) is 0 Å². The summed E-state index contributed by atoms with van der Waals surface area (Å²) in [6.07, 6.45) is -4.63. The SMILES string of the molecule is NC(=O)C(N)CN1C(=O)C(=O)c2cc(C(F)(F)F)ccc21. The first-order valence-corrected chi connectivity index (χ1v) is 5.75. The lowest BCUT2D eigenvalue weighted by molar-refractivity contribution is -0.137. The molecule has 0 aromatic heterocycles. The van der Waals surface area contributed by atoms with Gasteiger partial charge >= 0.3 is 6.18 Å². The summed E-state index contributed by atoms with van der Waals surface area (Å²) in [6, 6.07) is 1.11. The number of nitrogens with zero attached hydrogens (tertiary/aromatic N) is 1. The van der Waals surface area contributed by atoms with Gasteiger partial charge in [0.1, 0.15) is 6.04 Å². The van der Waals surface area contributed by atoms with Crippen molar-refractivity contribution in [2.24, 2.45) is 11.5 Å². The first-order chi connectivity index (χ1) is 9.62. The number of nitrogens with two attached hydrogens (primary N) is 2. The summed E-state index contributed by atoms with van der Waals surface area (Å²) >= 11 is 0. The van der Waals surface area contributed by atoms with Gasteiger partial charge < -0.3 is 16.4 Å². The van der Waals surface area contributed by atoms with Crippen molar-refractivity contribution in [2.75, 3.05) is 11.4 Å². The van der Waals surface area contributed by atoms with E-state index in [1.165, 1.54) is 0 Å². The fourth-order valence-electron chi connectivity index (χ4n) is 1.94. The number of hydrogen-bond acceptors (Lipinski definition) is 4. The Kier molecular flexibility index (Phi) is 3.46. The van der Waals surface area contributed by atoms with E-state index in [4.69, 9.17) is 11.5 Å². The summed E-state index contributed by atoms with van der Waals surface area (Å²) in [5, 5.41) is 0. The van der Waals surface area contributed by atoms with Crippen molar-refractivity contribution in [2.45, 2.75) is 12.2 Å². The molecule has 1 aromatic rings. The number of ketones is 1. The minimum absolute atomic E-state index is 0.0188. The van der Waals surface area contributed by atoms with Crippen molar-refractivity contribution in [3.05, 3.63) is 29.3 Å². The van der Waals surface area contributed by atoms with Crippen molar-refractivity contribution in [3.8, 4) is 0 Å². The van der Waals surface area contributed by atoms with Crippen LogP contribution in [-0.4, -0.2) is 30.2 Å². The van der Waals surface area contributed by atoms with E-state index >= 15 is 0 Å². The lowest BCUT2D eigenvalue weighted by atomic mass is 10.1. The molecule has 0 aliphatic carbocycles. The molecule has 0 spiro atoms. The number of hydrogen-bond donors (Lipinski definition) is 2. The van der Waals surface area contributed by atoms with Gasteiger partial charge in [0.25, 0.3) is 11.7 Å². The van der Waals surface area contributed by atoms with Crippen LogP contribution >= 0.6 is 0 Å². The maximum atomic E-state index is 12.6. The molecule has 112 valence electrons. The molecule has 2 rings (SSSR count). The number of anilines is 1. The summed E-state index contributed by atoms with van der Waals surface area (Å²) in [7, 11) is 0. The molecule has 0 fully saturated rings. The number of fused-ring (bicyclic) bond motifs is 1. The number of carbonyl (C=O) groups is 3. The van der Waals surface area contributed by atoms with E-state index < -0.39 is 35.4 Å². The molecule has 1 heterocycles. The Morgan fingerprint density at radius 2 is 1.90 bits per heavy atom. The number of rotatable bonds is 3. The minimum Gasteiger partial charge on any atom is -0.368 e. The van der Waals surface area contributed by atoms with E-state index in [2.05, 4.69) is 0 Å². The predicted octanol–water partition coefficient (Wildman–Crippen LogP) is 0.0473. The van der Waals surface area contributed by atoms with Crippen LogP contribution in [0, 0.1) is 0 Å². The molecule has 1 atom stereocenters. The number of alkyl halides is 3. The zero-order valence-electron chi connectivity index (χ0n) is 10.5. The van der Waals surface area contributed by atoms with Gasteiger partial charge in [-0.2, -0.15) is 13.2 Å². The second-order valence-electron chi connectivity index (χ2n) is 4.48. The zero-order chi connectivity index (χ0) is 15.9. The number of halogens is 3. The average Bonchev–Trinajstić information content (AvgIpc) is 2.62. The molecule has 2 amide bonds. The third-order valence-electron chi connectivity index (χ3n) is 3.04. The van der Waals surface area contributed by atoms with Crippen molar-refractivity contribution >= 4 is 23.3 Å². The van der Waals surface area contributed by atoms with Crippen LogP contribution in [0.3, 0.4) is 0 Å². The first kappa shape index (κ1) is 15.0. The van der Waals surface area contributed by atoms with Crippen LogP contribution in [-0.2, 0) is 15.8 Å². The Morgan fingerprint density at radius 3 is 2.43 bits per heavy atom. The van der Waals surface area contributed by atoms with Crippen LogP contribution in [0.1, 0.15) is 15.9 Å². The van der Waals surface area contributed by atoms with Gasteiger partial charge in [0.05, 0.1) is 23.4 Å². The Hall–Kier alpha value is -2.42. The highest BCUT2D eigenvalue weighted by Gasteiger charge is 2.40. The maximum Gasteiger partial charge on any atom is 0.416 e. The highest BCUT2D eigenvalue weighted by atomic mass is 19.4. The average molecular weight is 301 g/mol. The molecule has 1 aliphatic heterocycles. The quantitative estimate of drug-likeness (QED) is 0.769. The topological polar surface area (TPSA) is 106 Å². The summed E-state index contributed by atoms with van der Waals surface area (Å²) in [5.74, 6) is -3.01. The molecular weight excluding hydrogens is 291 g/mol. The van der Waals surface area contributed by atoms with Crippen molar-refractivity contribution in [3.63, 3.8) is 0 Å². The van der Waals surface area contributed by atoms with Crippen LogP contribution in [0.25, 0.3) is 0 Å². The smallest absolute Gasteiger partial charge is 0.368 e. The molecule has 0 saturated carbocycles. The lowest BCUT2D eigenvalue weighted by Gasteiger charge is -2.19. The van der Waals surface area contributed by atoms with E-state index in [0.29, 0.717) is 6.07 Å². The predicted molar refractivity (Wildman–Crippen MR) is 65.3 cm³/mol. The Bertz CT molecular complexity index is 642. The highest BCUT2D eigenvalue weighted by molar-refractivity contribution is 6.52. The Balaban J connectivity index is 2.42. The Morgan fingerprint density at radius 1 is 1.29 bits per heavy atom. The molecular formula is C12H10F3N3O3. The molecule has 21 heavy (non-hydrogen) atoms. The van der Waals surface area contributed by atoms with Crippen LogP contribution in [0.2, 0.25) is 0 Å². The molecule has 6 nitrogen and oxygen atoms in total. The van der Waals surface area contributed by atoms with Gasteiger partial charge in [0.15, 0.2) is 0 Å². The standard InChI is InChI=1S/C12H10F3N3O3/c13-12(14,15)5-1-2-8-6(3-5)9(19)11(21)18(8)4-7(16)10(17)20/h1-3,7H,4,16H2,(H2,17,20). The van der Waals surface area contributed by atoms with E-state index in [0.717, 1.165) is 17.0 Å². The van der Waals surface area contributed by atoms with Crippen LogP contribution < -0.4 is 16.4 Å². The molecule has 0 saturated heterocycles. The van der Waals surface area contributed by atoms with Crippen molar-refractivity contribution in [1.82, 2.24) is 0 Å². The van der Waals surface area contributed by atoms with Gasteiger partial charge in [-0.05, 0) is 18.2 Å². The van der Waals surface area contributed by atoms with E-state index in [1.807, 2.05) is 0 Å². The third-order valence-corrected chi connectivity index (χ3v) is 3.04. The van der Waals surface area contributed by atoms with Crippen LogP contribution in [0.5, 0.6) is 0 Å². The van der Waals surface area contributed by atoms with Gasteiger partial charge in [-0.3, -0.25) is 14.4 Å².